The third kappa shape index (κ3) is 6.15. The lowest BCUT2D eigenvalue weighted by molar-refractivity contribution is -0.169. The number of rotatable bonds is 6. The van der Waals surface area contributed by atoms with E-state index in [1.165, 1.54) is 6.33 Å². The Morgan fingerprint density at radius 2 is 1.77 bits per heavy atom. The molecule has 0 spiro atoms. The largest absolute Gasteiger partial charge is 0.479 e. The average Bonchev–Trinajstić information content (AvgIpc) is 3.52. The summed E-state index contributed by atoms with van der Waals surface area (Å²) in [6, 6.07) is -1.15. The summed E-state index contributed by atoms with van der Waals surface area (Å²) in [5.41, 5.74) is 1.01. The standard InChI is InChI=1S/C30H49N5O7Si/c1-28(2,3)42-27(36)34-18(16-39-43(10,11)29(4,5)6)24-25(41-30(7,8)40-24)23(34)22-20-21(26(37-9)32-17-31-20)33-35(22)19-14-12-13-15-38-19/h17-19,23-25H,12-16H2,1-11H3/t18-,19?,23+,24+,25?/m1/s1. The Morgan fingerprint density at radius 3 is 2.37 bits per heavy atom. The summed E-state index contributed by atoms with van der Waals surface area (Å²) in [7, 11) is -0.639. The molecule has 0 N–H and O–H groups in total. The Hall–Kier alpha value is -2.32. The third-order valence-corrected chi connectivity index (χ3v) is 13.4. The normalized spacial score (nSPS) is 27.9. The van der Waals surface area contributed by atoms with Crippen molar-refractivity contribution in [3.63, 3.8) is 0 Å². The van der Waals surface area contributed by atoms with Gasteiger partial charge in [0.15, 0.2) is 25.8 Å². The van der Waals surface area contributed by atoms with Gasteiger partial charge in [-0.1, -0.05) is 20.8 Å². The highest BCUT2D eigenvalue weighted by Gasteiger charge is 2.62. The molecule has 0 bridgehead atoms. The van der Waals surface area contributed by atoms with Crippen LogP contribution in [0.25, 0.3) is 11.0 Å². The van der Waals surface area contributed by atoms with E-state index in [-0.39, 0.29) is 17.9 Å². The van der Waals surface area contributed by atoms with Crippen LogP contribution in [-0.2, 0) is 23.4 Å². The van der Waals surface area contributed by atoms with Crippen LogP contribution < -0.4 is 4.74 Å². The maximum atomic E-state index is 14.3. The smallest absolute Gasteiger partial charge is 0.411 e. The molecule has 2 aromatic heterocycles. The average molecular weight is 620 g/mol. The Bertz CT molecular complexity index is 1330. The molecular weight excluding hydrogens is 570 g/mol. The van der Waals surface area contributed by atoms with Gasteiger partial charge in [0.2, 0.25) is 5.88 Å². The number of aromatic nitrogens is 4. The summed E-state index contributed by atoms with van der Waals surface area (Å²) in [4.78, 5) is 25.0. The second-order valence-corrected chi connectivity index (χ2v) is 19.6. The lowest BCUT2D eigenvalue weighted by Gasteiger charge is -2.40. The number of carbonyl (C=O) groups excluding carboxylic acids is 1. The Morgan fingerprint density at radius 1 is 1.07 bits per heavy atom. The van der Waals surface area contributed by atoms with Crippen LogP contribution in [0.2, 0.25) is 18.1 Å². The molecule has 0 aliphatic carbocycles. The maximum absolute atomic E-state index is 14.3. The van der Waals surface area contributed by atoms with Crippen molar-refractivity contribution in [2.24, 2.45) is 0 Å². The van der Waals surface area contributed by atoms with Crippen molar-refractivity contribution in [3.05, 3.63) is 12.0 Å². The molecule has 1 amide bonds. The monoisotopic (exact) mass is 619 g/mol. The molecule has 3 aliphatic heterocycles. The lowest BCUT2D eigenvalue weighted by atomic mass is 10.0. The molecule has 0 radical (unpaired) electrons. The van der Waals surface area contributed by atoms with Crippen molar-refractivity contribution in [1.29, 1.82) is 0 Å². The minimum Gasteiger partial charge on any atom is -0.479 e. The van der Waals surface area contributed by atoms with Crippen molar-refractivity contribution in [3.8, 4) is 5.88 Å². The first-order valence-electron chi connectivity index (χ1n) is 15.3. The predicted octanol–water partition coefficient (Wildman–Crippen LogP) is 5.74. The first-order valence-corrected chi connectivity index (χ1v) is 18.2. The number of carbonyl (C=O) groups is 1. The van der Waals surface area contributed by atoms with Crippen molar-refractivity contribution in [2.45, 2.75) is 135 Å². The van der Waals surface area contributed by atoms with E-state index in [0.717, 1.165) is 19.3 Å². The van der Waals surface area contributed by atoms with E-state index in [0.29, 0.717) is 29.2 Å². The van der Waals surface area contributed by atoms with E-state index < -0.39 is 50.1 Å². The van der Waals surface area contributed by atoms with Gasteiger partial charge in [-0.15, -0.1) is 0 Å². The molecule has 43 heavy (non-hydrogen) atoms. The van der Waals surface area contributed by atoms with Gasteiger partial charge in [0.1, 0.15) is 35.7 Å². The van der Waals surface area contributed by atoms with Crippen molar-refractivity contribution < 1.29 is 32.9 Å². The number of amides is 1. The van der Waals surface area contributed by atoms with Crippen molar-refractivity contribution in [2.75, 3.05) is 20.3 Å². The molecule has 2 unspecified atom stereocenters. The summed E-state index contributed by atoms with van der Waals surface area (Å²) >= 11 is 0. The van der Waals surface area contributed by atoms with Gasteiger partial charge in [-0.3, -0.25) is 4.90 Å². The summed E-state index contributed by atoms with van der Waals surface area (Å²) in [6.45, 7) is 21.3. The van der Waals surface area contributed by atoms with Gasteiger partial charge in [-0.25, -0.2) is 14.5 Å². The fourth-order valence-corrected chi connectivity index (χ4v) is 6.91. The van der Waals surface area contributed by atoms with E-state index in [1.54, 1.807) is 12.0 Å². The molecule has 3 fully saturated rings. The summed E-state index contributed by atoms with van der Waals surface area (Å²) < 4.78 is 39.7. The molecule has 240 valence electrons. The van der Waals surface area contributed by atoms with E-state index >= 15 is 0 Å². The van der Waals surface area contributed by atoms with E-state index in [1.807, 2.05) is 39.3 Å². The lowest BCUT2D eigenvalue weighted by Crippen LogP contribution is -2.51. The molecule has 0 aromatic carbocycles. The molecule has 0 saturated carbocycles. The number of fused-ring (bicyclic) bond motifs is 2. The number of ether oxygens (including phenoxy) is 5. The predicted molar refractivity (Wildman–Crippen MR) is 162 cm³/mol. The van der Waals surface area contributed by atoms with Crippen LogP contribution in [0.1, 0.15) is 92.6 Å². The molecule has 3 aliphatic rings. The minimum absolute atomic E-state index is 0.0198. The van der Waals surface area contributed by atoms with Gasteiger partial charge >= 0.3 is 6.09 Å². The first kappa shape index (κ1) is 32.1. The fraction of sp³-hybridized carbons (Fsp3) is 0.800. The second kappa shape index (κ2) is 11.2. The fourth-order valence-electron chi connectivity index (χ4n) is 5.89. The zero-order valence-electron chi connectivity index (χ0n) is 27.6. The number of methoxy groups -OCH3 is 1. The van der Waals surface area contributed by atoms with Gasteiger partial charge in [0.25, 0.3) is 0 Å². The van der Waals surface area contributed by atoms with E-state index in [2.05, 4.69) is 43.8 Å². The van der Waals surface area contributed by atoms with Crippen LogP contribution in [0.15, 0.2) is 6.33 Å². The quantitative estimate of drug-likeness (QED) is 0.371. The zero-order valence-corrected chi connectivity index (χ0v) is 28.6. The molecule has 5 heterocycles. The van der Waals surface area contributed by atoms with Crippen LogP contribution in [0.3, 0.4) is 0 Å². The molecule has 5 atom stereocenters. The first-order chi connectivity index (χ1) is 19.9. The molecule has 12 nitrogen and oxygen atoms in total. The van der Waals surface area contributed by atoms with Crippen LogP contribution in [0.5, 0.6) is 5.88 Å². The summed E-state index contributed by atoms with van der Waals surface area (Å²) in [5.74, 6) is -0.529. The van der Waals surface area contributed by atoms with E-state index in [9.17, 15) is 4.79 Å². The number of likely N-dealkylation sites (tertiary alicyclic amines) is 1. The Balaban J connectivity index is 1.69. The summed E-state index contributed by atoms with van der Waals surface area (Å²) in [6.07, 6.45) is 2.34. The third-order valence-electron chi connectivity index (χ3n) is 8.92. The number of nitrogens with zero attached hydrogens (tertiary/aromatic N) is 5. The van der Waals surface area contributed by atoms with Gasteiger partial charge in [0, 0.05) is 6.61 Å². The molecule has 2 aromatic rings. The van der Waals surface area contributed by atoms with Gasteiger partial charge in [-0.2, -0.15) is 10.1 Å². The van der Waals surface area contributed by atoms with Crippen LogP contribution in [0.4, 0.5) is 4.79 Å². The Labute approximate surface area is 255 Å². The van der Waals surface area contributed by atoms with Crippen molar-refractivity contribution >= 4 is 25.4 Å². The highest BCUT2D eigenvalue weighted by molar-refractivity contribution is 6.74. The number of hydrogen-bond acceptors (Lipinski definition) is 10. The Kier molecular flexibility index (Phi) is 8.38. The van der Waals surface area contributed by atoms with Gasteiger partial charge in [0.05, 0.1) is 25.5 Å². The number of hydrogen-bond donors (Lipinski definition) is 0. The highest BCUT2D eigenvalue weighted by Crippen LogP contribution is 2.50. The van der Waals surface area contributed by atoms with E-state index in [4.69, 9.17) is 33.2 Å². The second-order valence-electron chi connectivity index (χ2n) is 14.8. The molecule has 3 saturated heterocycles. The summed E-state index contributed by atoms with van der Waals surface area (Å²) in [5, 5.41) is 4.94. The minimum atomic E-state index is -2.20. The zero-order chi connectivity index (χ0) is 31.5. The molecular formula is C30H49N5O7Si. The topological polar surface area (TPSA) is 119 Å². The van der Waals surface area contributed by atoms with Gasteiger partial charge in [-0.05, 0) is 72.0 Å². The van der Waals surface area contributed by atoms with Crippen LogP contribution in [-0.4, -0.2) is 89.0 Å². The van der Waals surface area contributed by atoms with Crippen LogP contribution in [0, 0.1) is 0 Å². The van der Waals surface area contributed by atoms with Crippen LogP contribution >= 0.6 is 0 Å². The molecule has 13 heteroatoms. The van der Waals surface area contributed by atoms with Gasteiger partial charge < -0.3 is 28.1 Å². The maximum Gasteiger partial charge on any atom is 0.411 e. The van der Waals surface area contributed by atoms with Crippen molar-refractivity contribution in [1.82, 2.24) is 24.6 Å². The molecule has 5 rings (SSSR count). The SMILES string of the molecule is COc1ncnc2c([C@H]3C4OC(C)(C)O[C@H]4[C@@H](CO[Si](C)(C)C(C)(C)C)N3C(=O)OC(C)(C)C)n(C3CCCCO3)nc12. The highest BCUT2D eigenvalue weighted by atomic mass is 28.4.